The van der Waals surface area contributed by atoms with Gasteiger partial charge in [0.05, 0.1) is 14.2 Å². The molecule has 4 nitrogen and oxygen atoms in total. The number of rotatable bonds is 7. The van der Waals surface area contributed by atoms with Crippen molar-refractivity contribution in [1.29, 1.82) is 0 Å². The number of hydrogen-bond donors (Lipinski definition) is 1. The van der Waals surface area contributed by atoms with Crippen LogP contribution in [0.4, 0.5) is 0 Å². The van der Waals surface area contributed by atoms with Gasteiger partial charge in [-0.05, 0) is 31.9 Å². The monoisotopic (exact) mass is 285 g/mol. The molecule has 0 saturated carbocycles. The number of methoxy groups -OCH3 is 2. The highest BCUT2D eigenvalue weighted by Crippen LogP contribution is 2.27. The first-order valence-electron chi connectivity index (χ1n) is 6.23. The van der Waals surface area contributed by atoms with E-state index in [1.54, 1.807) is 18.2 Å². The molecule has 1 aromatic rings. The Kier molecular flexibility index (Phi) is 6.50. The lowest BCUT2D eigenvalue weighted by Gasteiger charge is -2.13. The zero-order chi connectivity index (χ0) is 14.3. The molecule has 0 aliphatic carbocycles. The van der Waals surface area contributed by atoms with Crippen molar-refractivity contribution in [3.8, 4) is 11.5 Å². The van der Waals surface area contributed by atoms with Gasteiger partial charge < -0.3 is 14.8 Å². The van der Waals surface area contributed by atoms with Crippen molar-refractivity contribution >= 4 is 17.5 Å². The van der Waals surface area contributed by atoms with Crippen molar-refractivity contribution in [3.63, 3.8) is 0 Å². The van der Waals surface area contributed by atoms with Crippen molar-refractivity contribution in [2.24, 2.45) is 0 Å². The van der Waals surface area contributed by atoms with Gasteiger partial charge in [0.2, 0.25) is 0 Å². The van der Waals surface area contributed by atoms with Crippen LogP contribution in [0.1, 0.15) is 30.1 Å². The van der Waals surface area contributed by atoms with Gasteiger partial charge >= 0.3 is 0 Å². The van der Waals surface area contributed by atoms with Gasteiger partial charge in [-0.15, -0.1) is 11.6 Å². The Bertz CT molecular complexity index is 399. The average molecular weight is 286 g/mol. The van der Waals surface area contributed by atoms with Crippen LogP contribution in [-0.4, -0.2) is 32.0 Å². The third-order valence-electron chi connectivity index (χ3n) is 2.72. The Morgan fingerprint density at radius 3 is 2.37 bits per heavy atom. The SMILES string of the molecule is COc1cccc(OC)c1C(=O)NCCCC(C)Cl. The molecule has 0 aromatic heterocycles. The van der Waals surface area contributed by atoms with E-state index in [1.807, 2.05) is 6.92 Å². The summed E-state index contributed by atoms with van der Waals surface area (Å²) in [6, 6.07) is 5.25. The number of benzene rings is 1. The highest BCUT2D eigenvalue weighted by atomic mass is 35.5. The molecule has 0 radical (unpaired) electrons. The molecule has 1 amide bonds. The average Bonchev–Trinajstić information content (AvgIpc) is 2.42. The minimum absolute atomic E-state index is 0.123. The molecule has 0 spiro atoms. The van der Waals surface area contributed by atoms with Crippen molar-refractivity contribution in [1.82, 2.24) is 5.32 Å². The second kappa shape index (κ2) is 7.89. The van der Waals surface area contributed by atoms with Crippen LogP contribution in [0.25, 0.3) is 0 Å². The topological polar surface area (TPSA) is 47.6 Å². The molecule has 0 fully saturated rings. The van der Waals surface area contributed by atoms with E-state index in [2.05, 4.69) is 5.32 Å². The fourth-order valence-corrected chi connectivity index (χ4v) is 1.90. The number of alkyl halides is 1. The van der Waals surface area contributed by atoms with E-state index < -0.39 is 0 Å². The summed E-state index contributed by atoms with van der Waals surface area (Å²) in [4.78, 5) is 12.1. The van der Waals surface area contributed by atoms with Gasteiger partial charge in [-0.2, -0.15) is 0 Å². The summed E-state index contributed by atoms with van der Waals surface area (Å²) < 4.78 is 10.4. The minimum atomic E-state index is -0.198. The van der Waals surface area contributed by atoms with Crippen molar-refractivity contribution < 1.29 is 14.3 Å². The van der Waals surface area contributed by atoms with E-state index in [-0.39, 0.29) is 11.3 Å². The number of ether oxygens (including phenoxy) is 2. The second-order valence-corrected chi connectivity index (χ2v) is 4.96. The molecule has 0 saturated heterocycles. The Morgan fingerprint density at radius 2 is 1.89 bits per heavy atom. The van der Waals surface area contributed by atoms with E-state index in [0.717, 1.165) is 12.8 Å². The number of halogens is 1. The molecule has 19 heavy (non-hydrogen) atoms. The van der Waals surface area contributed by atoms with Gasteiger partial charge in [-0.25, -0.2) is 0 Å². The van der Waals surface area contributed by atoms with Gasteiger partial charge in [0.25, 0.3) is 5.91 Å². The fraction of sp³-hybridized carbons (Fsp3) is 0.500. The molecule has 0 aliphatic heterocycles. The predicted octanol–water partition coefficient (Wildman–Crippen LogP) is 2.84. The lowest BCUT2D eigenvalue weighted by Crippen LogP contribution is -2.25. The van der Waals surface area contributed by atoms with Crippen LogP contribution in [0.3, 0.4) is 0 Å². The normalized spacial score (nSPS) is 11.8. The number of hydrogen-bond acceptors (Lipinski definition) is 3. The maximum absolute atomic E-state index is 12.1. The van der Waals surface area contributed by atoms with E-state index in [4.69, 9.17) is 21.1 Å². The van der Waals surface area contributed by atoms with E-state index in [1.165, 1.54) is 14.2 Å². The van der Waals surface area contributed by atoms with Crippen LogP contribution in [-0.2, 0) is 0 Å². The number of nitrogens with one attached hydrogen (secondary N) is 1. The van der Waals surface area contributed by atoms with Crippen LogP contribution in [0.5, 0.6) is 11.5 Å². The summed E-state index contributed by atoms with van der Waals surface area (Å²) in [6.07, 6.45) is 1.71. The van der Waals surface area contributed by atoms with Gasteiger partial charge in [-0.1, -0.05) is 6.07 Å². The summed E-state index contributed by atoms with van der Waals surface area (Å²) in [5.41, 5.74) is 0.423. The summed E-state index contributed by atoms with van der Waals surface area (Å²) >= 11 is 5.85. The molecule has 1 rings (SSSR count). The van der Waals surface area contributed by atoms with Crippen LogP contribution in [0.2, 0.25) is 0 Å². The Morgan fingerprint density at radius 1 is 1.32 bits per heavy atom. The van der Waals surface area contributed by atoms with E-state index in [9.17, 15) is 4.79 Å². The minimum Gasteiger partial charge on any atom is -0.496 e. The van der Waals surface area contributed by atoms with Crippen molar-refractivity contribution in [3.05, 3.63) is 23.8 Å². The summed E-state index contributed by atoms with van der Waals surface area (Å²) in [6.45, 7) is 2.52. The van der Waals surface area contributed by atoms with Gasteiger partial charge in [0.1, 0.15) is 17.1 Å². The molecular formula is C14H20ClNO3. The van der Waals surface area contributed by atoms with Crippen LogP contribution in [0, 0.1) is 0 Å². The molecule has 5 heteroatoms. The Labute approximate surface area is 119 Å². The smallest absolute Gasteiger partial charge is 0.258 e. The number of carbonyl (C=O) groups is 1. The standard InChI is InChI=1S/C14H20ClNO3/c1-10(15)6-5-9-16-14(17)13-11(18-2)7-4-8-12(13)19-3/h4,7-8,10H,5-6,9H2,1-3H3,(H,16,17). The lowest BCUT2D eigenvalue weighted by molar-refractivity contribution is 0.0946. The summed E-state index contributed by atoms with van der Waals surface area (Å²) in [7, 11) is 3.06. The molecule has 0 aliphatic rings. The molecule has 1 unspecified atom stereocenters. The van der Waals surface area contributed by atoms with Gasteiger partial charge in [0.15, 0.2) is 0 Å². The van der Waals surface area contributed by atoms with E-state index >= 15 is 0 Å². The van der Waals surface area contributed by atoms with Crippen LogP contribution >= 0.6 is 11.6 Å². The molecule has 1 N–H and O–H groups in total. The first-order valence-corrected chi connectivity index (χ1v) is 6.67. The van der Waals surface area contributed by atoms with Gasteiger partial charge in [0, 0.05) is 11.9 Å². The molecule has 1 atom stereocenters. The third-order valence-corrected chi connectivity index (χ3v) is 2.94. The Hall–Kier alpha value is -1.42. The number of carbonyl (C=O) groups excluding carboxylic acids is 1. The summed E-state index contributed by atoms with van der Waals surface area (Å²) in [5.74, 6) is 0.807. The maximum atomic E-state index is 12.1. The Balaban J connectivity index is 2.70. The first-order chi connectivity index (χ1) is 9.10. The van der Waals surface area contributed by atoms with Gasteiger partial charge in [-0.3, -0.25) is 4.79 Å². The highest BCUT2D eigenvalue weighted by molar-refractivity contribution is 6.20. The highest BCUT2D eigenvalue weighted by Gasteiger charge is 2.17. The number of amides is 1. The zero-order valence-electron chi connectivity index (χ0n) is 11.5. The first kappa shape index (κ1) is 15.6. The van der Waals surface area contributed by atoms with Crippen molar-refractivity contribution in [2.45, 2.75) is 25.1 Å². The van der Waals surface area contributed by atoms with Crippen LogP contribution < -0.4 is 14.8 Å². The quantitative estimate of drug-likeness (QED) is 0.619. The largest absolute Gasteiger partial charge is 0.496 e. The second-order valence-electron chi connectivity index (χ2n) is 4.22. The molecule has 1 aromatic carbocycles. The third kappa shape index (κ3) is 4.63. The molecular weight excluding hydrogens is 266 g/mol. The maximum Gasteiger partial charge on any atom is 0.258 e. The van der Waals surface area contributed by atoms with E-state index in [0.29, 0.717) is 23.6 Å². The fourth-order valence-electron chi connectivity index (χ4n) is 1.75. The lowest BCUT2D eigenvalue weighted by atomic mass is 10.1. The van der Waals surface area contributed by atoms with Crippen molar-refractivity contribution in [2.75, 3.05) is 20.8 Å². The van der Waals surface area contributed by atoms with Crippen LogP contribution in [0.15, 0.2) is 18.2 Å². The zero-order valence-corrected chi connectivity index (χ0v) is 12.3. The molecule has 0 heterocycles. The molecule has 0 bridgehead atoms. The predicted molar refractivity (Wildman–Crippen MR) is 76.4 cm³/mol. The molecule has 106 valence electrons. The summed E-state index contributed by atoms with van der Waals surface area (Å²) in [5, 5.41) is 2.97.